The number of aryl methyl sites for hydroxylation is 1. The topological polar surface area (TPSA) is 99.0 Å². The molecule has 5 rings (SSSR count). The highest BCUT2D eigenvalue weighted by Gasteiger charge is 2.27. The van der Waals surface area contributed by atoms with Crippen molar-refractivity contribution in [3.05, 3.63) is 59.4 Å². The third-order valence-electron chi connectivity index (χ3n) is 7.24. The number of rotatable bonds is 6. The second-order valence-corrected chi connectivity index (χ2v) is 9.89. The largest absolute Gasteiger partial charge is 0.486 e. The van der Waals surface area contributed by atoms with Gasteiger partial charge in [0.05, 0.1) is 5.56 Å². The second-order valence-electron chi connectivity index (χ2n) is 9.89. The number of nitrogens with one attached hydrogen (secondary N) is 2. The average molecular weight is 575 g/mol. The van der Waals surface area contributed by atoms with E-state index in [1.807, 2.05) is 0 Å². The summed E-state index contributed by atoms with van der Waals surface area (Å²) in [6.45, 7) is 5.36. The molecule has 8 nitrogen and oxygen atoms in total. The Balaban J connectivity index is 0.00000210. The molecule has 2 aromatic carbocycles. The molecule has 0 bridgehead atoms. The number of aromatic nitrogens is 3. The van der Waals surface area contributed by atoms with Gasteiger partial charge in [-0.2, -0.15) is 10.2 Å². The molecular formula is C28H34Cl2FN7O. The van der Waals surface area contributed by atoms with Crippen LogP contribution in [-0.4, -0.2) is 65.4 Å². The summed E-state index contributed by atoms with van der Waals surface area (Å²) in [6, 6.07) is 13.7. The maximum atomic E-state index is 14.2. The van der Waals surface area contributed by atoms with Crippen LogP contribution in [0, 0.1) is 18.3 Å². The van der Waals surface area contributed by atoms with Crippen molar-refractivity contribution in [2.75, 3.05) is 38.5 Å². The van der Waals surface area contributed by atoms with Crippen LogP contribution in [0.15, 0.2) is 42.7 Å². The van der Waals surface area contributed by atoms with Crippen LogP contribution in [0.1, 0.15) is 41.9 Å². The quantitative estimate of drug-likeness (QED) is 0.415. The van der Waals surface area contributed by atoms with Crippen LogP contribution in [0.5, 0.6) is 5.75 Å². The van der Waals surface area contributed by atoms with Crippen LogP contribution in [0.4, 0.5) is 16.0 Å². The fourth-order valence-corrected chi connectivity index (χ4v) is 5.11. The number of likely N-dealkylation sites (tertiary alicyclic amines) is 1. The van der Waals surface area contributed by atoms with Crippen molar-refractivity contribution in [1.29, 1.82) is 5.26 Å². The SMILES string of the molecule is Cc1cc(Nc2ncnc(-c3ccc(O[C@H]4CCNC[C@H]4F)c(C#N)c3)n2)ccc1C1CCN(C)CC1.Cl.Cl. The monoisotopic (exact) mass is 573 g/mol. The number of anilines is 2. The first-order valence-electron chi connectivity index (χ1n) is 12.8. The molecular weight excluding hydrogens is 540 g/mol. The molecule has 3 aromatic rings. The van der Waals surface area contributed by atoms with E-state index in [2.05, 4.69) is 68.7 Å². The number of hydrogen-bond donors (Lipinski definition) is 2. The molecule has 2 N–H and O–H groups in total. The molecule has 2 saturated heterocycles. The molecule has 2 aliphatic heterocycles. The molecule has 0 saturated carbocycles. The van der Waals surface area contributed by atoms with Crippen molar-refractivity contribution in [2.24, 2.45) is 0 Å². The molecule has 0 unspecified atom stereocenters. The normalized spacial score (nSPS) is 19.7. The van der Waals surface area contributed by atoms with Crippen LogP contribution in [0.3, 0.4) is 0 Å². The summed E-state index contributed by atoms with van der Waals surface area (Å²) in [6.07, 6.45) is 2.68. The Kier molecular flexibility index (Phi) is 10.8. The van der Waals surface area contributed by atoms with Gasteiger partial charge in [-0.3, -0.25) is 0 Å². The van der Waals surface area contributed by atoms with Crippen molar-refractivity contribution < 1.29 is 9.13 Å². The van der Waals surface area contributed by atoms with E-state index in [9.17, 15) is 9.65 Å². The average Bonchev–Trinajstić information content (AvgIpc) is 2.91. The van der Waals surface area contributed by atoms with Gasteiger partial charge in [-0.05, 0) is 100 Å². The standard InChI is InChI=1S/C28H32FN7O.2ClH/c1-18-13-22(4-5-23(18)19-8-11-36(2)12-9-19)34-28-33-17-32-27(35-28)20-3-6-25(21(14-20)15-30)37-26-7-10-31-16-24(26)29;;/h3-6,13-14,17,19,24,26,31H,7-12,16H2,1-2H3,(H,32,33,34,35);2*1H/t24-,26+;;/m1../s1. The molecule has 0 spiro atoms. The Bertz CT molecular complexity index is 1300. The molecule has 39 heavy (non-hydrogen) atoms. The summed E-state index contributed by atoms with van der Waals surface area (Å²) < 4.78 is 20.0. The first-order chi connectivity index (χ1) is 18.0. The van der Waals surface area contributed by atoms with Crippen LogP contribution in [0.2, 0.25) is 0 Å². The third-order valence-corrected chi connectivity index (χ3v) is 7.24. The number of ether oxygens (including phenoxy) is 1. The third kappa shape index (κ3) is 7.34. The van der Waals surface area contributed by atoms with E-state index < -0.39 is 12.3 Å². The smallest absolute Gasteiger partial charge is 0.230 e. The molecule has 208 valence electrons. The molecule has 2 atom stereocenters. The number of nitrogens with zero attached hydrogens (tertiary/aromatic N) is 5. The zero-order valence-electron chi connectivity index (χ0n) is 22.1. The van der Waals surface area contributed by atoms with Crippen molar-refractivity contribution in [3.63, 3.8) is 0 Å². The molecule has 1 aromatic heterocycles. The van der Waals surface area contributed by atoms with Crippen LogP contribution < -0.4 is 15.4 Å². The van der Waals surface area contributed by atoms with E-state index in [0.717, 1.165) is 18.8 Å². The molecule has 0 aliphatic carbocycles. The zero-order chi connectivity index (χ0) is 25.8. The van der Waals surface area contributed by atoms with Gasteiger partial charge in [-0.15, -0.1) is 24.8 Å². The van der Waals surface area contributed by atoms with Gasteiger partial charge in [0.15, 0.2) is 5.82 Å². The molecule has 0 amide bonds. The summed E-state index contributed by atoms with van der Waals surface area (Å²) in [5, 5.41) is 16.0. The van der Waals surface area contributed by atoms with E-state index in [1.54, 1.807) is 18.2 Å². The highest BCUT2D eigenvalue weighted by Crippen LogP contribution is 2.32. The van der Waals surface area contributed by atoms with Crippen molar-refractivity contribution in [3.8, 4) is 23.2 Å². The summed E-state index contributed by atoms with van der Waals surface area (Å²) in [4.78, 5) is 15.5. The first kappa shape index (κ1) is 30.5. The van der Waals surface area contributed by atoms with Gasteiger partial charge in [0.2, 0.25) is 5.95 Å². The molecule has 2 aliphatic rings. The molecule has 11 heteroatoms. The molecule has 2 fully saturated rings. The van der Waals surface area contributed by atoms with Gasteiger partial charge < -0.3 is 20.3 Å². The maximum absolute atomic E-state index is 14.2. The Labute approximate surface area is 241 Å². The Morgan fingerprint density at radius 3 is 2.62 bits per heavy atom. The van der Waals surface area contributed by atoms with Crippen molar-refractivity contribution in [2.45, 2.75) is 44.4 Å². The minimum Gasteiger partial charge on any atom is -0.486 e. The first-order valence-corrected chi connectivity index (χ1v) is 12.8. The number of hydrogen-bond acceptors (Lipinski definition) is 8. The van der Waals surface area contributed by atoms with Gasteiger partial charge in [-0.25, -0.2) is 14.4 Å². The second kappa shape index (κ2) is 13.9. The maximum Gasteiger partial charge on any atom is 0.230 e. The van der Waals surface area contributed by atoms with Crippen LogP contribution in [-0.2, 0) is 0 Å². The summed E-state index contributed by atoms with van der Waals surface area (Å²) in [5.41, 5.74) is 4.55. The predicted octanol–water partition coefficient (Wildman–Crippen LogP) is 5.19. The number of halogens is 3. The van der Waals surface area contributed by atoms with Crippen LogP contribution >= 0.6 is 24.8 Å². The highest BCUT2D eigenvalue weighted by molar-refractivity contribution is 5.85. The van der Waals surface area contributed by atoms with Crippen molar-refractivity contribution >= 4 is 36.4 Å². The lowest BCUT2D eigenvalue weighted by Crippen LogP contribution is -2.44. The van der Waals surface area contributed by atoms with E-state index in [-0.39, 0.29) is 31.4 Å². The molecule has 0 radical (unpaired) electrons. The van der Waals surface area contributed by atoms with Gasteiger partial charge in [0.1, 0.15) is 30.4 Å². The van der Waals surface area contributed by atoms with Gasteiger partial charge >= 0.3 is 0 Å². The van der Waals surface area contributed by atoms with E-state index in [1.165, 1.54) is 30.3 Å². The lowest BCUT2D eigenvalue weighted by atomic mass is 9.87. The Hall–Kier alpha value is -3.03. The number of alkyl halides is 1. The van der Waals surface area contributed by atoms with E-state index in [4.69, 9.17) is 4.74 Å². The van der Waals surface area contributed by atoms with E-state index >= 15 is 0 Å². The number of benzene rings is 2. The summed E-state index contributed by atoms with van der Waals surface area (Å²) in [7, 11) is 2.18. The minimum absolute atomic E-state index is 0. The number of nitriles is 1. The lowest BCUT2D eigenvalue weighted by molar-refractivity contribution is 0.0729. The summed E-state index contributed by atoms with van der Waals surface area (Å²) >= 11 is 0. The fourth-order valence-electron chi connectivity index (χ4n) is 5.11. The van der Waals surface area contributed by atoms with Crippen LogP contribution in [0.25, 0.3) is 11.4 Å². The fraction of sp³-hybridized carbons (Fsp3) is 0.429. The van der Waals surface area contributed by atoms with Gasteiger partial charge in [0, 0.05) is 17.8 Å². The van der Waals surface area contributed by atoms with E-state index in [0.29, 0.717) is 47.5 Å². The zero-order valence-corrected chi connectivity index (χ0v) is 23.7. The van der Waals surface area contributed by atoms with Gasteiger partial charge in [0.25, 0.3) is 0 Å². The summed E-state index contributed by atoms with van der Waals surface area (Å²) in [5.74, 6) is 1.82. The Morgan fingerprint density at radius 2 is 1.90 bits per heavy atom. The highest BCUT2D eigenvalue weighted by atomic mass is 35.5. The molecule has 3 heterocycles. The predicted molar refractivity (Wildman–Crippen MR) is 155 cm³/mol. The van der Waals surface area contributed by atoms with Crippen molar-refractivity contribution in [1.82, 2.24) is 25.2 Å². The Morgan fingerprint density at radius 1 is 1.10 bits per heavy atom. The lowest BCUT2D eigenvalue weighted by Gasteiger charge is -2.30. The minimum atomic E-state index is -1.11. The van der Waals surface area contributed by atoms with Gasteiger partial charge in [-0.1, -0.05) is 6.07 Å². The number of piperidine rings is 2.